The fourth-order valence-corrected chi connectivity index (χ4v) is 2.92. The van der Waals surface area contributed by atoms with Gasteiger partial charge in [0.15, 0.2) is 12.2 Å². The Kier molecular flexibility index (Phi) is 10.7. The molecular formula is C19H31N3O9S. The average Bonchev–Trinajstić information content (AvgIpc) is 3.47. The van der Waals surface area contributed by atoms with Gasteiger partial charge in [-0.15, -0.1) is 0 Å². The lowest BCUT2D eigenvalue weighted by Crippen LogP contribution is -2.55. The number of amides is 3. The molecule has 0 bridgehead atoms. The lowest BCUT2D eigenvalue weighted by atomic mass is 10.2. The summed E-state index contributed by atoms with van der Waals surface area (Å²) < 4.78 is 14.8. The molecule has 0 radical (unpaired) electrons. The van der Waals surface area contributed by atoms with E-state index in [1.807, 2.05) is 6.26 Å². The van der Waals surface area contributed by atoms with Crippen molar-refractivity contribution in [1.82, 2.24) is 16.0 Å². The van der Waals surface area contributed by atoms with E-state index >= 15 is 0 Å². The van der Waals surface area contributed by atoms with Crippen molar-refractivity contribution >= 4 is 41.6 Å². The maximum absolute atomic E-state index is 12.6. The van der Waals surface area contributed by atoms with Crippen LogP contribution >= 0.6 is 11.8 Å². The molecule has 1 fully saturated rings. The van der Waals surface area contributed by atoms with Gasteiger partial charge in [-0.05, 0) is 46.1 Å². The zero-order valence-electron chi connectivity index (χ0n) is 18.8. The van der Waals surface area contributed by atoms with Gasteiger partial charge in [0, 0.05) is 6.54 Å². The van der Waals surface area contributed by atoms with Crippen molar-refractivity contribution in [3.8, 4) is 0 Å². The number of thioether (sulfide) groups is 1. The number of hydrogen-bond donors (Lipinski definition) is 4. The first-order valence-corrected chi connectivity index (χ1v) is 11.4. The number of carboxylic acids is 1. The van der Waals surface area contributed by atoms with E-state index in [0.29, 0.717) is 5.75 Å². The van der Waals surface area contributed by atoms with Crippen LogP contribution in [0.15, 0.2) is 0 Å². The van der Waals surface area contributed by atoms with E-state index in [9.17, 15) is 29.1 Å². The molecule has 13 heteroatoms. The van der Waals surface area contributed by atoms with Gasteiger partial charge < -0.3 is 35.3 Å². The van der Waals surface area contributed by atoms with Crippen LogP contribution in [0.25, 0.3) is 0 Å². The second-order valence-electron chi connectivity index (χ2n) is 7.85. The molecule has 2 unspecified atom stereocenters. The Morgan fingerprint density at radius 2 is 1.75 bits per heavy atom. The summed E-state index contributed by atoms with van der Waals surface area (Å²) in [5, 5.41) is 16.5. The molecule has 1 aliphatic heterocycles. The van der Waals surface area contributed by atoms with Gasteiger partial charge in [-0.25, -0.2) is 14.4 Å². The van der Waals surface area contributed by atoms with Gasteiger partial charge in [-0.3, -0.25) is 9.59 Å². The number of nitrogens with one attached hydrogen (secondary N) is 3. The second kappa shape index (κ2) is 12.5. The first-order valence-electron chi connectivity index (χ1n) is 10.0. The van der Waals surface area contributed by atoms with Crippen molar-refractivity contribution in [2.24, 2.45) is 0 Å². The van der Waals surface area contributed by atoms with Crippen LogP contribution in [0.3, 0.4) is 0 Å². The van der Waals surface area contributed by atoms with Gasteiger partial charge in [0.1, 0.15) is 17.7 Å². The molecule has 1 heterocycles. The SMILES string of the molecule is CCOC(=O)C1OC1C(=O)NC[C@H](NC(=O)[C@H](CCSC)NC(=O)OC(C)(C)C)C(=O)O. The maximum atomic E-state index is 12.6. The number of esters is 1. The molecule has 0 spiro atoms. The molecule has 0 aromatic heterocycles. The summed E-state index contributed by atoms with van der Waals surface area (Å²) in [6.07, 6.45) is -0.845. The molecule has 0 aliphatic carbocycles. The highest BCUT2D eigenvalue weighted by atomic mass is 32.2. The Hall–Kier alpha value is -2.54. The minimum atomic E-state index is -1.47. The second-order valence-corrected chi connectivity index (χ2v) is 8.84. The minimum absolute atomic E-state index is 0.134. The number of ether oxygens (including phenoxy) is 3. The van der Waals surface area contributed by atoms with Crippen LogP contribution in [0, 0.1) is 0 Å². The van der Waals surface area contributed by atoms with Crippen molar-refractivity contribution in [2.75, 3.05) is 25.2 Å². The van der Waals surface area contributed by atoms with Crippen LogP contribution in [-0.2, 0) is 33.4 Å². The molecule has 0 aromatic rings. The Balaban J connectivity index is 2.66. The third-order valence-corrected chi connectivity index (χ3v) is 4.63. The molecule has 0 saturated carbocycles. The van der Waals surface area contributed by atoms with Gasteiger partial charge in [-0.2, -0.15) is 11.8 Å². The van der Waals surface area contributed by atoms with E-state index in [-0.39, 0.29) is 13.0 Å². The predicted octanol–water partition coefficient (Wildman–Crippen LogP) is -0.351. The number of carbonyl (C=O) groups excluding carboxylic acids is 4. The van der Waals surface area contributed by atoms with Crippen LogP contribution in [0.4, 0.5) is 4.79 Å². The molecule has 0 aromatic carbocycles. The first-order chi connectivity index (χ1) is 14.9. The predicted molar refractivity (Wildman–Crippen MR) is 114 cm³/mol. The van der Waals surface area contributed by atoms with Gasteiger partial charge in [0.25, 0.3) is 5.91 Å². The Morgan fingerprint density at radius 3 is 2.28 bits per heavy atom. The van der Waals surface area contributed by atoms with Crippen molar-refractivity contribution in [3.63, 3.8) is 0 Å². The monoisotopic (exact) mass is 477 g/mol. The van der Waals surface area contributed by atoms with Gasteiger partial charge in [0.05, 0.1) is 6.61 Å². The number of rotatable bonds is 12. The highest BCUT2D eigenvalue weighted by Gasteiger charge is 2.51. The number of alkyl carbamates (subject to hydrolysis) is 1. The maximum Gasteiger partial charge on any atom is 0.408 e. The lowest BCUT2D eigenvalue weighted by Gasteiger charge is -2.24. The van der Waals surface area contributed by atoms with E-state index in [1.54, 1.807) is 27.7 Å². The van der Waals surface area contributed by atoms with Crippen LogP contribution in [-0.4, -0.2) is 90.0 Å². The Labute approximate surface area is 190 Å². The third-order valence-electron chi connectivity index (χ3n) is 3.98. The molecule has 3 amide bonds. The van der Waals surface area contributed by atoms with E-state index in [0.717, 1.165) is 0 Å². The van der Waals surface area contributed by atoms with Gasteiger partial charge in [-0.1, -0.05) is 0 Å². The summed E-state index contributed by atoms with van der Waals surface area (Å²) >= 11 is 1.45. The fourth-order valence-electron chi connectivity index (χ4n) is 2.45. The van der Waals surface area contributed by atoms with Gasteiger partial charge >= 0.3 is 18.0 Å². The number of epoxide rings is 1. The molecular weight excluding hydrogens is 446 g/mol. The minimum Gasteiger partial charge on any atom is -0.480 e. The highest BCUT2D eigenvalue weighted by Crippen LogP contribution is 2.23. The molecule has 1 saturated heterocycles. The number of aliphatic carboxylic acids is 1. The summed E-state index contributed by atoms with van der Waals surface area (Å²) in [6, 6.07) is -2.50. The van der Waals surface area contributed by atoms with Crippen LogP contribution in [0.1, 0.15) is 34.1 Å². The summed E-state index contributed by atoms with van der Waals surface area (Å²) in [7, 11) is 0. The first kappa shape index (κ1) is 27.5. The van der Waals surface area contributed by atoms with E-state index in [4.69, 9.17) is 14.2 Å². The zero-order valence-corrected chi connectivity index (χ0v) is 19.6. The fraction of sp³-hybridized carbons (Fsp3) is 0.737. The van der Waals surface area contributed by atoms with Crippen molar-refractivity contribution in [1.29, 1.82) is 0 Å². The zero-order chi connectivity index (χ0) is 24.5. The van der Waals surface area contributed by atoms with Gasteiger partial charge in [0.2, 0.25) is 5.91 Å². The third kappa shape index (κ3) is 9.73. The van der Waals surface area contributed by atoms with Crippen LogP contribution in [0.2, 0.25) is 0 Å². The number of hydrogen-bond acceptors (Lipinski definition) is 9. The topological polar surface area (TPSA) is 173 Å². The summed E-state index contributed by atoms with van der Waals surface area (Å²) in [5.41, 5.74) is -0.773. The standard InChI is InChI=1S/C19H31N3O9S/c1-6-29-17(27)13-12(30-13)15(24)20-9-11(16(25)26)21-14(23)10(7-8-32-5)22-18(28)31-19(2,3)4/h10-13H,6-9H2,1-5H3,(H,20,24)(H,21,23)(H,22,28)(H,25,26)/t10-,11-,12?,13?/m0/s1. The summed E-state index contributed by atoms with van der Waals surface area (Å²) in [4.78, 5) is 59.8. The van der Waals surface area contributed by atoms with E-state index < -0.39 is 66.3 Å². The molecule has 1 aliphatic rings. The van der Waals surface area contributed by atoms with Crippen LogP contribution < -0.4 is 16.0 Å². The van der Waals surface area contributed by atoms with Crippen LogP contribution in [0.5, 0.6) is 0 Å². The number of carboxylic acid groups (broad SMARTS) is 1. The lowest BCUT2D eigenvalue weighted by molar-refractivity contribution is -0.145. The molecule has 12 nitrogen and oxygen atoms in total. The molecule has 4 atom stereocenters. The highest BCUT2D eigenvalue weighted by molar-refractivity contribution is 7.98. The normalized spacial score (nSPS) is 19.2. The van der Waals surface area contributed by atoms with Crippen molar-refractivity contribution in [2.45, 2.75) is 64.0 Å². The average molecular weight is 478 g/mol. The molecule has 32 heavy (non-hydrogen) atoms. The smallest absolute Gasteiger partial charge is 0.408 e. The Bertz CT molecular complexity index is 711. The largest absolute Gasteiger partial charge is 0.480 e. The van der Waals surface area contributed by atoms with E-state index in [1.165, 1.54) is 11.8 Å². The van der Waals surface area contributed by atoms with E-state index in [2.05, 4.69) is 16.0 Å². The number of carbonyl (C=O) groups is 5. The Morgan fingerprint density at radius 1 is 1.09 bits per heavy atom. The van der Waals surface area contributed by atoms with Crippen molar-refractivity contribution in [3.05, 3.63) is 0 Å². The molecule has 1 rings (SSSR count). The van der Waals surface area contributed by atoms with Crippen molar-refractivity contribution < 1.29 is 43.3 Å². The molecule has 182 valence electrons. The quantitative estimate of drug-likeness (QED) is 0.215. The molecule has 4 N–H and O–H groups in total. The summed E-state index contributed by atoms with van der Waals surface area (Å²) in [6.45, 7) is 6.31. The summed E-state index contributed by atoms with van der Waals surface area (Å²) in [5.74, 6) is -2.98.